The number of aryl methyl sites for hydroxylation is 1. The third-order valence-electron chi connectivity index (χ3n) is 2.06. The predicted molar refractivity (Wildman–Crippen MR) is 71.2 cm³/mol. The Kier molecular flexibility index (Phi) is 4.45. The van der Waals surface area contributed by atoms with Crippen LogP contribution in [0.4, 0.5) is 9.93 Å². The third kappa shape index (κ3) is 4.10. The Morgan fingerprint density at radius 1 is 1.50 bits per heavy atom. The summed E-state index contributed by atoms with van der Waals surface area (Å²) in [6, 6.07) is 0. The molecule has 0 aliphatic rings. The Hall–Kier alpha value is -1.43. The van der Waals surface area contributed by atoms with Gasteiger partial charge in [-0.25, -0.2) is 9.78 Å². The van der Waals surface area contributed by atoms with Crippen molar-refractivity contribution in [3.05, 3.63) is 10.6 Å². The summed E-state index contributed by atoms with van der Waals surface area (Å²) < 4.78 is 5.12. The minimum Gasteiger partial charge on any atom is -0.444 e. The van der Waals surface area contributed by atoms with Crippen LogP contribution >= 0.6 is 11.3 Å². The van der Waals surface area contributed by atoms with Crippen LogP contribution in [0.3, 0.4) is 0 Å². The van der Waals surface area contributed by atoms with Crippen molar-refractivity contribution in [3.8, 4) is 0 Å². The number of rotatable bonds is 3. The number of nitrogens with one attached hydrogen (secondary N) is 1. The summed E-state index contributed by atoms with van der Waals surface area (Å²) in [6.07, 6.45) is 0.319. The van der Waals surface area contributed by atoms with E-state index in [-0.39, 0.29) is 5.92 Å². The second-order valence-corrected chi connectivity index (χ2v) is 6.05. The SMILES string of the molecule is Cc1nc(NC(=O)OC(C)(C)C)sc1C(C)C=O. The van der Waals surface area contributed by atoms with Gasteiger partial charge in [0.2, 0.25) is 0 Å². The van der Waals surface area contributed by atoms with Crippen LogP contribution in [0.5, 0.6) is 0 Å². The number of anilines is 1. The summed E-state index contributed by atoms with van der Waals surface area (Å²) in [5.74, 6) is -0.211. The number of hydrogen-bond donors (Lipinski definition) is 1. The highest BCUT2D eigenvalue weighted by Gasteiger charge is 2.19. The molecule has 1 amide bonds. The summed E-state index contributed by atoms with van der Waals surface area (Å²) >= 11 is 1.29. The highest BCUT2D eigenvalue weighted by atomic mass is 32.1. The van der Waals surface area contributed by atoms with Gasteiger partial charge in [-0.3, -0.25) is 5.32 Å². The Morgan fingerprint density at radius 3 is 2.61 bits per heavy atom. The van der Waals surface area contributed by atoms with Crippen LogP contribution < -0.4 is 5.32 Å². The van der Waals surface area contributed by atoms with Gasteiger partial charge in [0, 0.05) is 10.8 Å². The van der Waals surface area contributed by atoms with E-state index in [9.17, 15) is 9.59 Å². The van der Waals surface area contributed by atoms with Crippen molar-refractivity contribution in [2.24, 2.45) is 0 Å². The monoisotopic (exact) mass is 270 g/mol. The first kappa shape index (κ1) is 14.6. The molecule has 0 spiro atoms. The number of hydrogen-bond acceptors (Lipinski definition) is 5. The summed E-state index contributed by atoms with van der Waals surface area (Å²) in [5.41, 5.74) is 0.209. The fourth-order valence-electron chi connectivity index (χ4n) is 1.34. The Morgan fingerprint density at radius 2 is 2.11 bits per heavy atom. The molecular formula is C12H18N2O3S. The number of thiazole rings is 1. The molecule has 0 fully saturated rings. The molecule has 0 radical (unpaired) electrons. The summed E-state index contributed by atoms with van der Waals surface area (Å²) in [5, 5.41) is 3.02. The van der Waals surface area contributed by atoms with Gasteiger partial charge < -0.3 is 9.53 Å². The van der Waals surface area contributed by atoms with E-state index in [2.05, 4.69) is 10.3 Å². The number of amides is 1. The molecule has 1 unspecified atom stereocenters. The molecule has 1 heterocycles. The number of aldehydes is 1. The highest BCUT2D eigenvalue weighted by molar-refractivity contribution is 7.16. The quantitative estimate of drug-likeness (QED) is 0.857. The van der Waals surface area contributed by atoms with Gasteiger partial charge in [0.05, 0.1) is 5.69 Å². The number of aromatic nitrogens is 1. The molecule has 1 aromatic rings. The second-order valence-electron chi connectivity index (χ2n) is 5.02. The molecule has 1 aromatic heterocycles. The molecule has 0 aromatic carbocycles. The standard InChI is InChI=1S/C12H18N2O3S/c1-7(6-15)9-8(2)13-10(18-9)14-11(16)17-12(3,4)5/h6-7H,1-5H3,(H,13,14,16). The maximum Gasteiger partial charge on any atom is 0.413 e. The van der Waals surface area contributed by atoms with Crippen molar-refractivity contribution >= 4 is 28.8 Å². The fourth-order valence-corrected chi connectivity index (χ4v) is 2.30. The summed E-state index contributed by atoms with van der Waals surface area (Å²) in [4.78, 5) is 27.4. The van der Waals surface area contributed by atoms with E-state index < -0.39 is 11.7 Å². The van der Waals surface area contributed by atoms with E-state index in [0.29, 0.717) is 5.13 Å². The average Bonchev–Trinajstić information content (AvgIpc) is 2.55. The van der Waals surface area contributed by atoms with Crippen molar-refractivity contribution in [2.75, 3.05) is 5.32 Å². The van der Waals surface area contributed by atoms with Gasteiger partial charge in [-0.1, -0.05) is 6.92 Å². The molecule has 0 bridgehead atoms. The van der Waals surface area contributed by atoms with Gasteiger partial charge in [0.25, 0.3) is 0 Å². The maximum absolute atomic E-state index is 11.6. The lowest BCUT2D eigenvalue weighted by atomic mass is 10.1. The maximum atomic E-state index is 11.6. The van der Waals surface area contributed by atoms with Crippen LogP contribution in [0, 0.1) is 6.92 Å². The zero-order valence-electron chi connectivity index (χ0n) is 11.2. The lowest BCUT2D eigenvalue weighted by molar-refractivity contribution is -0.108. The number of nitrogens with zero attached hydrogens (tertiary/aromatic N) is 1. The Bertz CT molecular complexity index is 449. The van der Waals surface area contributed by atoms with Crippen LogP contribution in [-0.4, -0.2) is 23.0 Å². The lowest BCUT2D eigenvalue weighted by Gasteiger charge is -2.18. The molecule has 100 valence electrons. The molecule has 0 saturated heterocycles. The Labute approximate surface area is 111 Å². The zero-order chi connectivity index (χ0) is 13.9. The molecular weight excluding hydrogens is 252 g/mol. The summed E-state index contributed by atoms with van der Waals surface area (Å²) in [7, 11) is 0. The van der Waals surface area contributed by atoms with Gasteiger partial charge in [-0.15, -0.1) is 11.3 Å². The van der Waals surface area contributed by atoms with Gasteiger partial charge in [-0.05, 0) is 27.7 Å². The molecule has 0 aliphatic carbocycles. The zero-order valence-corrected chi connectivity index (χ0v) is 12.1. The largest absolute Gasteiger partial charge is 0.444 e. The van der Waals surface area contributed by atoms with Crippen molar-refractivity contribution in [1.82, 2.24) is 4.98 Å². The number of carbonyl (C=O) groups excluding carboxylic acids is 2. The van der Waals surface area contributed by atoms with Gasteiger partial charge in [0.15, 0.2) is 5.13 Å². The third-order valence-corrected chi connectivity index (χ3v) is 3.33. The van der Waals surface area contributed by atoms with E-state index in [4.69, 9.17) is 4.74 Å². The molecule has 1 rings (SSSR count). The van der Waals surface area contributed by atoms with Crippen molar-refractivity contribution in [1.29, 1.82) is 0 Å². The molecule has 5 nitrogen and oxygen atoms in total. The molecule has 18 heavy (non-hydrogen) atoms. The predicted octanol–water partition coefficient (Wildman–Crippen LogP) is 3.10. The van der Waals surface area contributed by atoms with Crippen LogP contribution in [-0.2, 0) is 9.53 Å². The van der Waals surface area contributed by atoms with Crippen molar-refractivity contribution in [3.63, 3.8) is 0 Å². The normalized spacial score (nSPS) is 12.9. The van der Waals surface area contributed by atoms with Crippen molar-refractivity contribution < 1.29 is 14.3 Å². The first-order valence-corrected chi connectivity index (χ1v) is 6.47. The molecule has 1 atom stereocenters. The minimum atomic E-state index is -0.546. The van der Waals surface area contributed by atoms with Crippen LogP contribution in [0.15, 0.2) is 0 Å². The van der Waals surface area contributed by atoms with Crippen LogP contribution in [0.1, 0.15) is 44.2 Å². The second kappa shape index (κ2) is 5.48. The van der Waals surface area contributed by atoms with E-state index in [1.54, 1.807) is 27.7 Å². The highest BCUT2D eigenvalue weighted by Crippen LogP contribution is 2.28. The number of carbonyl (C=O) groups is 2. The average molecular weight is 270 g/mol. The molecule has 6 heteroatoms. The number of ether oxygens (including phenoxy) is 1. The van der Waals surface area contributed by atoms with E-state index in [1.807, 2.05) is 6.92 Å². The fraction of sp³-hybridized carbons (Fsp3) is 0.583. The first-order chi connectivity index (χ1) is 8.23. The van der Waals surface area contributed by atoms with E-state index >= 15 is 0 Å². The smallest absolute Gasteiger partial charge is 0.413 e. The van der Waals surface area contributed by atoms with Crippen LogP contribution in [0.25, 0.3) is 0 Å². The first-order valence-electron chi connectivity index (χ1n) is 5.65. The van der Waals surface area contributed by atoms with E-state index in [0.717, 1.165) is 16.9 Å². The molecule has 0 saturated carbocycles. The van der Waals surface area contributed by atoms with Gasteiger partial charge >= 0.3 is 6.09 Å². The van der Waals surface area contributed by atoms with Crippen molar-refractivity contribution in [2.45, 2.75) is 46.1 Å². The van der Waals surface area contributed by atoms with Gasteiger partial charge in [0.1, 0.15) is 11.9 Å². The lowest BCUT2D eigenvalue weighted by Crippen LogP contribution is -2.27. The summed E-state index contributed by atoms with van der Waals surface area (Å²) in [6.45, 7) is 8.98. The molecule has 0 aliphatic heterocycles. The minimum absolute atomic E-state index is 0.211. The molecule has 1 N–H and O–H groups in total. The van der Waals surface area contributed by atoms with E-state index in [1.165, 1.54) is 11.3 Å². The topological polar surface area (TPSA) is 68.3 Å². The van der Waals surface area contributed by atoms with Crippen LogP contribution in [0.2, 0.25) is 0 Å². The van der Waals surface area contributed by atoms with Gasteiger partial charge in [-0.2, -0.15) is 0 Å². The Balaban J connectivity index is 2.75.